The third-order valence-electron chi connectivity index (χ3n) is 1.90. The number of rotatable bonds is 2. The Kier molecular flexibility index (Phi) is 3.46. The van der Waals surface area contributed by atoms with E-state index in [1.54, 1.807) is 6.07 Å². The maximum atomic E-state index is 11.6. The molecule has 0 aliphatic heterocycles. The van der Waals surface area contributed by atoms with Gasteiger partial charge in [-0.3, -0.25) is 4.79 Å². The Hall–Kier alpha value is -1.57. The molecule has 1 rings (SSSR count). The number of aryl methyl sites for hydroxylation is 1. The zero-order valence-corrected chi connectivity index (χ0v) is 8.79. The molecule has 0 fully saturated rings. The second kappa shape index (κ2) is 4.61. The molecular weight excluding hydrogens is 174 g/mol. The minimum Gasteiger partial charge on any atom is -0.358 e. The van der Waals surface area contributed by atoms with Crippen molar-refractivity contribution >= 4 is 12.2 Å². The Morgan fingerprint density at radius 1 is 1.21 bits per heavy atom. The Balaban J connectivity index is 3.44. The van der Waals surface area contributed by atoms with Gasteiger partial charge in [-0.25, -0.2) is 0 Å². The third-order valence-corrected chi connectivity index (χ3v) is 1.90. The molecule has 1 aromatic heterocycles. The lowest BCUT2D eigenvalue weighted by atomic mass is 10.1. The second-order valence-corrected chi connectivity index (χ2v) is 3.14. The number of H-pyrrole nitrogens is 1. The summed E-state index contributed by atoms with van der Waals surface area (Å²) >= 11 is 0. The summed E-state index contributed by atoms with van der Waals surface area (Å²) in [6, 6.07) is 1.61. The summed E-state index contributed by atoms with van der Waals surface area (Å²) in [6.07, 6.45) is 7.52. The Morgan fingerprint density at radius 2 is 1.86 bits per heavy atom. The highest BCUT2D eigenvalue weighted by atomic mass is 16.1. The quantitative estimate of drug-likeness (QED) is 0.762. The van der Waals surface area contributed by atoms with Crippen LogP contribution in [-0.2, 0) is 0 Å². The van der Waals surface area contributed by atoms with Crippen molar-refractivity contribution in [1.82, 2.24) is 4.98 Å². The summed E-state index contributed by atoms with van der Waals surface area (Å²) in [5.41, 5.74) is 2.54. The van der Waals surface area contributed by atoms with E-state index in [0.717, 1.165) is 17.0 Å². The molecule has 0 aromatic carbocycles. The predicted molar refractivity (Wildman–Crippen MR) is 61.2 cm³/mol. The summed E-state index contributed by atoms with van der Waals surface area (Å²) < 4.78 is 0. The van der Waals surface area contributed by atoms with Gasteiger partial charge in [0, 0.05) is 23.0 Å². The van der Waals surface area contributed by atoms with Gasteiger partial charge in [-0.2, -0.15) is 0 Å². The van der Waals surface area contributed by atoms with Crippen LogP contribution >= 0.6 is 0 Å². The van der Waals surface area contributed by atoms with E-state index in [1.165, 1.54) is 0 Å². The molecule has 14 heavy (non-hydrogen) atoms. The predicted octanol–water partition coefficient (Wildman–Crippen LogP) is 2.75. The monoisotopic (exact) mass is 189 g/mol. The van der Waals surface area contributed by atoms with Gasteiger partial charge in [-0.1, -0.05) is 18.2 Å². The largest absolute Gasteiger partial charge is 0.358 e. The molecule has 0 bridgehead atoms. The summed E-state index contributed by atoms with van der Waals surface area (Å²) in [4.78, 5) is 14.8. The van der Waals surface area contributed by atoms with E-state index in [2.05, 4.69) is 4.98 Å². The molecular formula is C12H15NO. The Bertz CT molecular complexity index is 424. The summed E-state index contributed by atoms with van der Waals surface area (Å²) in [5, 5.41) is 0. The van der Waals surface area contributed by atoms with Crippen molar-refractivity contribution in [3.63, 3.8) is 0 Å². The fourth-order valence-electron chi connectivity index (χ4n) is 1.36. The van der Waals surface area contributed by atoms with Crippen LogP contribution in [0.15, 0.2) is 23.0 Å². The lowest BCUT2D eigenvalue weighted by molar-refractivity contribution is 1.15. The highest BCUT2D eigenvalue weighted by molar-refractivity contribution is 5.62. The Morgan fingerprint density at radius 3 is 2.43 bits per heavy atom. The van der Waals surface area contributed by atoms with Crippen molar-refractivity contribution in [3.8, 4) is 0 Å². The highest BCUT2D eigenvalue weighted by Crippen LogP contribution is 2.06. The van der Waals surface area contributed by atoms with E-state index >= 15 is 0 Å². The van der Waals surface area contributed by atoms with Gasteiger partial charge in [-0.05, 0) is 26.8 Å². The van der Waals surface area contributed by atoms with Crippen LogP contribution in [0.2, 0.25) is 0 Å². The first kappa shape index (κ1) is 10.5. The van der Waals surface area contributed by atoms with Crippen LogP contribution in [0.4, 0.5) is 0 Å². The topological polar surface area (TPSA) is 32.9 Å². The van der Waals surface area contributed by atoms with Crippen LogP contribution in [0, 0.1) is 6.92 Å². The normalized spacial score (nSPS) is 11.6. The molecule has 1 N–H and O–H groups in total. The molecule has 74 valence electrons. The number of pyridine rings is 1. The second-order valence-electron chi connectivity index (χ2n) is 3.14. The molecule has 2 heteroatoms. The van der Waals surface area contributed by atoms with Crippen LogP contribution in [0.1, 0.15) is 30.8 Å². The fraction of sp³-hybridized carbons (Fsp3) is 0.250. The number of aromatic nitrogens is 1. The SMILES string of the molecule is C/C=C\c1[nH]c(C)cc(=O)c1/C=C\C. The molecule has 0 spiro atoms. The minimum atomic E-state index is 0.0625. The number of allylic oxidation sites excluding steroid dienone is 2. The van der Waals surface area contributed by atoms with Crippen molar-refractivity contribution in [3.05, 3.63) is 45.4 Å². The average molecular weight is 189 g/mol. The van der Waals surface area contributed by atoms with E-state index in [0.29, 0.717) is 0 Å². The van der Waals surface area contributed by atoms with Gasteiger partial charge in [0.25, 0.3) is 0 Å². The van der Waals surface area contributed by atoms with Crippen LogP contribution in [0.3, 0.4) is 0 Å². The van der Waals surface area contributed by atoms with Gasteiger partial charge in [0.05, 0.1) is 0 Å². The third kappa shape index (κ3) is 2.22. The summed E-state index contributed by atoms with van der Waals surface area (Å²) in [5.74, 6) is 0. The van der Waals surface area contributed by atoms with Crippen molar-refractivity contribution in [2.45, 2.75) is 20.8 Å². The first-order chi connectivity index (χ1) is 6.69. The molecule has 0 saturated heterocycles. The molecule has 0 amide bonds. The number of hydrogen-bond donors (Lipinski definition) is 1. The minimum absolute atomic E-state index is 0.0625. The van der Waals surface area contributed by atoms with Gasteiger partial charge in [0.1, 0.15) is 0 Å². The van der Waals surface area contributed by atoms with E-state index < -0.39 is 0 Å². The van der Waals surface area contributed by atoms with Crippen LogP contribution in [0.25, 0.3) is 12.2 Å². The zero-order chi connectivity index (χ0) is 10.6. The van der Waals surface area contributed by atoms with Crippen LogP contribution in [-0.4, -0.2) is 4.98 Å². The molecule has 0 aliphatic carbocycles. The molecule has 0 radical (unpaired) electrons. The highest BCUT2D eigenvalue weighted by Gasteiger charge is 2.01. The van der Waals surface area contributed by atoms with Gasteiger partial charge in [0.2, 0.25) is 0 Å². The standard InChI is InChI=1S/C12H15NO/c1-4-6-10-11(7-5-2)13-9(3)8-12(10)14/h4-8H,1-3H3,(H,13,14)/b6-4-,7-5-. The molecule has 0 atom stereocenters. The maximum absolute atomic E-state index is 11.6. The summed E-state index contributed by atoms with van der Waals surface area (Å²) in [6.45, 7) is 5.71. The Labute approximate surface area is 84.0 Å². The van der Waals surface area contributed by atoms with Crippen LogP contribution < -0.4 is 5.43 Å². The lowest BCUT2D eigenvalue weighted by Crippen LogP contribution is -2.08. The molecule has 1 aromatic rings. The van der Waals surface area contributed by atoms with E-state index in [9.17, 15) is 4.79 Å². The fourth-order valence-corrected chi connectivity index (χ4v) is 1.36. The molecule has 0 unspecified atom stereocenters. The van der Waals surface area contributed by atoms with E-state index in [-0.39, 0.29) is 5.43 Å². The molecule has 0 aliphatic rings. The first-order valence-corrected chi connectivity index (χ1v) is 4.68. The van der Waals surface area contributed by atoms with E-state index in [4.69, 9.17) is 0 Å². The lowest BCUT2D eigenvalue weighted by Gasteiger charge is -2.02. The summed E-state index contributed by atoms with van der Waals surface area (Å²) in [7, 11) is 0. The number of hydrogen-bond acceptors (Lipinski definition) is 1. The smallest absolute Gasteiger partial charge is 0.189 e. The zero-order valence-electron chi connectivity index (χ0n) is 8.79. The van der Waals surface area contributed by atoms with Crippen molar-refractivity contribution in [2.24, 2.45) is 0 Å². The van der Waals surface area contributed by atoms with Gasteiger partial charge < -0.3 is 4.98 Å². The average Bonchev–Trinajstić information content (AvgIpc) is 2.11. The van der Waals surface area contributed by atoms with E-state index in [1.807, 2.05) is 45.1 Å². The first-order valence-electron chi connectivity index (χ1n) is 4.68. The van der Waals surface area contributed by atoms with Crippen molar-refractivity contribution in [2.75, 3.05) is 0 Å². The van der Waals surface area contributed by atoms with Gasteiger partial charge >= 0.3 is 0 Å². The molecule has 0 saturated carbocycles. The van der Waals surface area contributed by atoms with Crippen molar-refractivity contribution in [1.29, 1.82) is 0 Å². The van der Waals surface area contributed by atoms with Crippen molar-refractivity contribution < 1.29 is 0 Å². The van der Waals surface area contributed by atoms with Gasteiger partial charge in [-0.15, -0.1) is 0 Å². The number of aromatic amines is 1. The number of nitrogens with one attached hydrogen (secondary N) is 1. The van der Waals surface area contributed by atoms with Gasteiger partial charge in [0.15, 0.2) is 5.43 Å². The molecule has 1 heterocycles. The molecule has 2 nitrogen and oxygen atoms in total. The maximum Gasteiger partial charge on any atom is 0.189 e. The van der Waals surface area contributed by atoms with Crippen LogP contribution in [0.5, 0.6) is 0 Å².